The number of piperidine rings is 1. The van der Waals surface area contributed by atoms with Crippen molar-refractivity contribution in [3.05, 3.63) is 35.4 Å². The molecule has 1 aromatic rings. The van der Waals surface area contributed by atoms with Crippen molar-refractivity contribution >= 4 is 0 Å². The Kier molecular flexibility index (Phi) is 3.31. The Bertz CT molecular complexity index is 336. The molecule has 1 aliphatic rings. The number of benzene rings is 1. The zero-order chi connectivity index (χ0) is 11.6. The lowest BCUT2D eigenvalue weighted by Crippen LogP contribution is -2.49. The number of nitrogens with one attached hydrogen (secondary N) is 1. The van der Waals surface area contributed by atoms with Crippen LogP contribution >= 0.6 is 0 Å². The van der Waals surface area contributed by atoms with Crippen molar-refractivity contribution < 1.29 is 5.11 Å². The van der Waals surface area contributed by atoms with Gasteiger partial charge in [0.25, 0.3) is 0 Å². The Hall–Kier alpha value is -0.860. The second kappa shape index (κ2) is 4.56. The quantitative estimate of drug-likeness (QED) is 0.800. The number of rotatable bonds is 2. The molecular weight excluding hydrogens is 198 g/mol. The van der Waals surface area contributed by atoms with E-state index in [-0.39, 0.29) is 6.04 Å². The minimum Gasteiger partial charge on any atom is -0.384 e. The third-order valence-corrected chi connectivity index (χ3v) is 3.62. The van der Waals surface area contributed by atoms with E-state index >= 15 is 0 Å². The van der Waals surface area contributed by atoms with E-state index in [9.17, 15) is 5.11 Å². The van der Waals surface area contributed by atoms with Gasteiger partial charge >= 0.3 is 0 Å². The van der Waals surface area contributed by atoms with E-state index < -0.39 is 5.60 Å². The third-order valence-electron chi connectivity index (χ3n) is 3.62. The van der Waals surface area contributed by atoms with Crippen molar-refractivity contribution in [1.82, 2.24) is 5.32 Å². The Morgan fingerprint density at radius 3 is 2.50 bits per heavy atom. The maximum Gasteiger partial charge on any atom is 0.102 e. The molecule has 0 radical (unpaired) electrons. The summed E-state index contributed by atoms with van der Waals surface area (Å²) in [7, 11) is 0. The lowest BCUT2D eigenvalue weighted by molar-refractivity contribution is 0.00567. The van der Waals surface area contributed by atoms with Crippen LogP contribution in [0, 0.1) is 6.92 Å². The first-order valence-corrected chi connectivity index (χ1v) is 6.13. The van der Waals surface area contributed by atoms with Crippen LogP contribution in [0.15, 0.2) is 24.3 Å². The average molecular weight is 219 g/mol. The molecule has 1 saturated heterocycles. The van der Waals surface area contributed by atoms with E-state index in [0.29, 0.717) is 0 Å². The fourth-order valence-electron chi connectivity index (χ4n) is 2.42. The molecule has 1 fully saturated rings. The molecule has 1 aliphatic heterocycles. The molecule has 2 rings (SSSR count). The van der Waals surface area contributed by atoms with Gasteiger partial charge in [0, 0.05) is 6.04 Å². The summed E-state index contributed by atoms with van der Waals surface area (Å²) in [4.78, 5) is 0. The summed E-state index contributed by atoms with van der Waals surface area (Å²) in [5.41, 5.74) is 1.49. The SMILES string of the molecule is Cc1ccc(C(C)(O)C2CCCCN2)cc1. The molecule has 0 aliphatic carbocycles. The number of hydrogen-bond donors (Lipinski definition) is 2. The lowest BCUT2D eigenvalue weighted by Gasteiger charge is -2.36. The van der Waals surface area contributed by atoms with E-state index in [1.807, 2.05) is 19.1 Å². The topological polar surface area (TPSA) is 32.3 Å². The highest BCUT2D eigenvalue weighted by molar-refractivity contribution is 5.27. The largest absolute Gasteiger partial charge is 0.384 e. The molecule has 2 atom stereocenters. The lowest BCUT2D eigenvalue weighted by atomic mass is 9.83. The van der Waals surface area contributed by atoms with E-state index in [1.165, 1.54) is 18.4 Å². The molecule has 0 aromatic heterocycles. The molecule has 0 saturated carbocycles. The third kappa shape index (κ3) is 2.28. The van der Waals surface area contributed by atoms with Crippen LogP contribution in [0.1, 0.15) is 37.3 Å². The van der Waals surface area contributed by atoms with Crippen molar-refractivity contribution in [3.8, 4) is 0 Å². The summed E-state index contributed by atoms with van der Waals surface area (Å²) >= 11 is 0. The zero-order valence-electron chi connectivity index (χ0n) is 10.2. The van der Waals surface area contributed by atoms with Gasteiger partial charge in [0.05, 0.1) is 0 Å². The molecule has 1 aromatic carbocycles. The standard InChI is InChI=1S/C14H21NO/c1-11-6-8-12(9-7-11)14(2,16)13-5-3-4-10-15-13/h6-9,13,15-16H,3-5,10H2,1-2H3. The van der Waals surface area contributed by atoms with Crippen molar-refractivity contribution in [1.29, 1.82) is 0 Å². The van der Waals surface area contributed by atoms with Gasteiger partial charge in [-0.1, -0.05) is 36.2 Å². The molecule has 2 unspecified atom stereocenters. The van der Waals surface area contributed by atoms with Crippen LogP contribution in [-0.2, 0) is 5.60 Å². The molecule has 16 heavy (non-hydrogen) atoms. The highest BCUT2D eigenvalue weighted by atomic mass is 16.3. The van der Waals surface area contributed by atoms with E-state index in [1.54, 1.807) is 0 Å². The molecule has 88 valence electrons. The van der Waals surface area contributed by atoms with Crippen LogP contribution < -0.4 is 5.32 Å². The van der Waals surface area contributed by atoms with E-state index in [2.05, 4.69) is 24.4 Å². The van der Waals surface area contributed by atoms with Gasteiger partial charge in [-0.2, -0.15) is 0 Å². The Balaban J connectivity index is 2.19. The van der Waals surface area contributed by atoms with Gasteiger partial charge in [-0.05, 0) is 38.8 Å². The van der Waals surface area contributed by atoms with Crippen molar-refractivity contribution in [2.45, 2.75) is 44.8 Å². The van der Waals surface area contributed by atoms with Crippen molar-refractivity contribution in [2.75, 3.05) is 6.54 Å². The fraction of sp³-hybridized carbons (Fsp3) is 0.571. The normalized spacial score (nSPS) is 25.1. The molecule has 0 bridgehead atoms. The zero-order valence-corrected chi connectivity index (χ0v) is 10.2. The molecule has 2 N–H and O–H groups in total. The minimum absolute atomic E-state index is 0.184. The Labute approximate surface area is 97.7 Å². The van der Waals surface area contributed by atoms with Gasteiger partial charge in [0.2, 0.25) is 0 Å². The minimum atomic E-state index is -0.756. The van der Waals surface area contributed by atoms with E-state index in [0.717, 1.165) is 18.5 Å². The molecule has 2 nitrogen and oxygen atoms in total. The molecule has 0 amide bonds. The smallest absolute Gasteiger partial charge is 0.102 e. The maximum absolute atomic E-state index is 10.6. The van der Waals surface area contributed by atoms with Crippen molar-refractivity contribution in [2.24, 2.45) is 0 Å². The summed E-state index contributed by atoms with van der Waals surface area (Å²) in [5.74, 6) is 0. The highest BCUT2D eigenvalue weighted by Crippen LogP contribution is 2.29. The second-order valence-electron chi connectivity index (χ2n) is 5.02. The van der Waals surface area contributed by atoms with Gasteiger partial charge < -0.3 is 10.4 Å². The Morgan fingerprint density at radius 1 is 1.25 bits per heavy atom. The van der Waals surface area contributed by atoms with Crippen LogP contribution in [0.5, 0.6) is 0 Å². The number of aryl methyl sites for hydroxylation is 1. The summed E-state index contributed by atoms with van der Waals surface area (Å²) in [5, 5.41) is 14.1. The van der Waals surface area contributed by atoms with Crippen LogP contribution in [0.2, 0.25) is 0 Å². The summed E-state index contributed by atoms with van der Waals surface area (Å²) in [6, 6.07) is 8.38. The summed E-state index contributed by atoms with van der Waals surface area (Å²) in [6.45, 7) is 5.00. The van der Waals surface area contributed by atoms with Crippen LogP contribution in [-0.4, -0.2) is 17.7 Å². The second-order valence-corrected chi connectivity index (χ2v) is 5.02. The van der Waals surface area contributed by atoms with Gasteiger partial charge in [-0.15, -0.1) is 0 Å². The molecule has 2 heteroatoms. The first kappa shape index (κ1) is 11.6. The van der Waals surface area contributed by atoms with Gasteiger partial charge in [-0.25, -0.2) is 0 Å². The van der Waals surface area contributed by atoms with Gasteiger partial charge in [0.15, 0.2) is 0 Å². The molecule has 0 spiro atoms. The monoisotopic (exact) mass is 219 g/mol. The molecular formula is C14H21NO. The van der Waals surface area contributed by atoms with Crippen molar-refractivity contribution in [3.63, 3.8) is 0 Å². The Morgan fingerprint density at radius 2 is 1.94 bits per heavy atom. The summed E-state index contributed by atoms with van der Waals surface area (Å²) in [6.07, 6.45) is 3.49. The average Bonchev–Trinajstić information content (AvgIpc) is 2.31. The molecule has 1 heterocycles. The van der Waals surface area contributed by atoms with Crippen LogP contribution in [0.25, 0.3) is 0 Å². The van der Waals surface area contributed by atoms with E-state index in [4.69, 9.17) is 0 Å². The van der Waals surface area contributed by atoms with Gasteiger partial charge in [-0.3, -0.25) is 0 Å². The first-order valence-electron chi connectivity index (χ1n) is 6.13. The predicted molar refractivity (Wildman–Crippen MR) is 66.4 cm³/mol. The van der Waals surface area contributed by atoms with Crippen LogP contribution in [0.3, 0.4) is 0 Å². The first-order chi connectivity index (χ1) is 7.60. The predicted octanol–water partition coefficient (Wildman–Crippen LogP) is 2.34. The number of hydrogen-bond acceptors (Lipinski definition) is 2. The fourth-order valence-corrected chi connectivity index (χ4v) is 2.42. The van der Waals surface area contributed by atoms with Crippen LogP contribution in [0.4, 0.5) is 0 Å². The number of aliphatic hydroxyl groups is 1. The summed E-state index contributed by atoms with van der Waals surface area (Å²) < 4.78 is 0. The maximum atomic E-state index is 10.6. The highest BCUT2D eigenvalue weighted by Gasteiger charge is 2.34. The van der Waals surface area contributed by atoms with Gasteiger partial charge in [0.1, 0.15) is 5.60 Å².